The van der Waals surface area contributed by atoms with Crippen LogP contribution in [0.15, 0.2) is 52.1 Å². The average Bonchev–Trinajstić information content (AvgIpc) is 3.54. The number of carbonyl (C=O) groups is 2. The number of amides is 2. The van der Waals surface area contributed by atoms with E-state index in [1.807, 2.05) is 6.07 Å². The van der Waals surface area contributed by atoms with Gasteiger partial charge < -0.3 is 24.6 Å². The summed E-state index contributed by atoms with van der Waals surface area (Å²) in [5.41, 5.74) is 1.95. The van der Waals surface area contributed by atoms with E-state index in [4.69, 9.17) is 4.42 Å². The molecule has 32 heavy (non-hydrogen) atoms. The number of hydrogen-bond acceptors (Lipinski definition) is 5. The fourth-order valence-electron chi connectivity index (χ4n) is 4.24. The maximum Gasteiger partial charge on any atom is 0.326 e. The Balaban J connectivity index is 1.29. The van der Waals surface area contributed by atoms with Gasteiger partial charge in [-0.3, -0.25) is 14.2 Å². The summed E-state index contributed by atoms with van der Waals surface area (Å²) in [7, 11) is 0. The molecule has 5 rings (SSSR count). The predicted molar refractivity (Wildman–Crippen MR) is 118 cm³/mol. The van der Waals surface area contributed by atoms with Crippen LogP contribution in [0.5, 0.6) is 0 Å². The third kappa shape index (κ3) is 3.70. The number of H-pyrrole nitrogens is 2. The van der Waals surface area contributed by atoms with E-state index >= 15 is 0 Å². The van der Waals surface area contributed by atoms with Crippen LogP contribution in [-0.2, 0) is 9.59 Å². The van der Waals surface area contributed by atoms with Crippen molar-refractivity contribution < 1.29 is 14.0 Å². The van der Waals surface area contributed by atoms with E-state index in [1.54, 1.807) is 34.0 Å². The first-order valence-electron chi connectivity index (χ1n) is 10.4. The van der Waals surface area contributed by atoms with E-state index in [9.17, 15) is 14.4 Å². The van der Waals surface area contributed by atoms with Gasteiger partial charge in [0.15, 0.2) is 0 Å². The zero-order chi connectivity index (χ0) is 22.1. The maximum absolute atomic E-state index is 12.8. The molecule has 164 valence electrons. The molecular weight excluding hydrogens is 412 g/mol. The maximum atomic E-state index is 12.8. The molecule has 0 saturated carbocycles. The summed E-state index contributed by atoms with van der Waals surface area (Å²) in [6.07, 6.45) is 9.36. The molecule has 10 nitrogen and oxygen atoms in total. The van der Waals surface area contributed by atoms with Crippen LogP contribution in [0.25, 0.3) is 28.1 Å². The molecule has 1 atom stereocenters. The Labute approximate surface area is 181 Å². The molecule has 0 spiro atoms. The minimum absolute atomic E-state index is 0.108. The van der Waals surface area contributed by atoms with E-state index < -0.39 is 0 Å². The minimum atomic E-state index is -0.376. The fraction of sp³-hybridized carbons (Fsp3) is 0.273. The van der Waals surface area contributed by atoms with Gasteiger partial charge in [0.1, 0.15) is 11.4 Å². The molecule has 1 fully saturated rings. The highest BCUT2D eigenvalue weighted by molar-refractivity contribution is 6.01. The van der Waals surface area contributed by atoms with E-state index in [1.165, 1.54) is 18.4 Å². The van der Waals surface area contributed by atoms with Crippen LogP contribution in [0.3, 0.4) is 0 Å². The molecule has 5 heterocycles. The van der Waals surface area contributed by atoms with Crippen LogP contribution in [0, 0.1) is 0 Å². The molecule has 1 saturated heterocycles. The second kappa shape index (κ2) is 8.22. The normalized spacial score (nSPS) is 16.9. The zero-order valence-electron chi connectivity index (χ0n) is 17.2. The number of nitrogens with one attached hydrogen (secondary N) is 3. The number of likely N-dealkylation sites (tertiary alicyclic amines) is 1. The van der Waals surface area contributed by atoms with Crippen LogP contribution >= 0.6 is 0 Å². The Morgan fingerprint density at radius 3 is 3.09 bits per heavy atom. The monoisotopic (exact) mass is 434 g/mol. The Morgan fingerprint density at radius 1 is 1.34 bits per heavy atom. The highest BCUT2D eigenvalue weighted by Crippen LogP contribution is 2.27. The average molecular weight is 434 g/mol. The first-order chi connectivity index (χ1) is 15.6. The Hall–Kier alpha value is -4.08. The third-order valence-electron chi connectivity index (χ3n) is 5.73. The molecule has 1 aliphatic heterocycles. The van der Waals surface area contributed by atoms with Crippen molar-refractivity contribution in [1.82, 2.24) is 29.7 Å². The number of fused-ring (bicyclic) bond motifs is 3. The van der Waals surface area contributed by atoms with Crippen molar-refractivity contribution in [2.75, 3.05) is 19.6 Å². The third-order valence-corrected chi connectivity index (χ3v) is 5.73. The van der Waals surface area contributed by atoms with Crippen molar-refractivity contribution in [2.24, 2.45) is 0 Å². The quantitative estimate of drug-likeness (QED) is 0.413. The number of rotatable bonds is 5. The lowest BCUT2D eigenvalue weighted by molar-refractivity contribution is -0.133. The van der Waals surface area contributed by atoms with Gasteiger partial charge in [0.05, 0.1) is 36.1 Å². The number of imidazole rings is 1. The van der Waals surface area contributed by atoms with Crippen molar-refractivity contribution >= 4 is 40.0 Å². The van der Waals surface area contributed by atoms with Gasteiger partial charge in [-0.1, -0.05) is 0 Å². The predicted octanol–water partition coefficient (Wildman–Crippen LogP) is 1.79. The van der Waals surface area contributed by atoms with Gasteiger partial charge in [-0.15, -0.1) is 0 Å². The number of aromatic amines is 2. The standard InChI is InChI=1S/C22H22N6O4/c29-18(6-5-15-4-2-10-32-15)24-12-19(30)27-9-1-3-14(13-27)28-20-16-7-8-23-21(16)25-11-17(20)26-22(28)31/h2,4-8,10-11,14H,1,3,9,12-13H2,(H,23,25)(H,24,29)(H,26,31)/t14-/m1/s1. The highest BCUT2D eigenvalue weighted by atomic mass is 16.3. The smallest absolute Gasteiger partial charge is 0.326 e. The van der Waals surface area contributed by atoms with Crippen molar-refractivity contribution in [3.63, 3.8) is 0 Å². The van der Waals surface area contributed by atoms with Crippen molar-refractivity contribution in [3.8, 4) is 0 Å². The van der Waals surface area contributed by atoms with Crippen LogP contribution in [0.1, 0.15) is 24.6 Å². The lowest BCUT2D eigenvalue weighted by atomic mass is 10.0. The first kappa shape index (κ1) is 19.9. The van der Waals surface area contributed by atoms with E-state index in [-0.39, 0.29) is 30.1 Å². The second-order valence-electron chi connectivity index (χ2n) is 7.76. The van der Waals surface area contributed by atoms with Gasteiger partial charge in [0, 0.05) is 30.7 Å². The SMILES string of the molecule is O=C(C=Cc1ccco1)NCC(=O)N1CCC[C@@H](n2c(=O)[nH]c3cnc4[nH]ccc4c32)C1. The number of pyridine rings is 1. The van der Waals surface area contributed by atoms with Gasteiger partial charge in [-0.2, -0.15) is 0 Å². The van der Waals surface area contributed by atoms with Gasteiger partial charge in [0.2, 0.25) is 11.8 Å². The molecule has 10 heteroatoms. The zero-order valence-corrected chi connectivity index (χ0v) is 17.2. The molecule has 0 radical (unpaired) electrons. The van der Waals surface area contributed by atoms with Crippen molar-refractivity contribution in [3.05, 3.63) is 59.2 Å². The largest absolute Gasteiger partial charge is 0.465 e. The van der Waals surface area contributed by atoms with Crippen LogP contribution in [0.2, 0.25) is 0 Å². The molecule has 4 aromatic rings. The molecule has 2 amide bonds. The second-order valence-corrected chi connectivity index (χ2v) is 7.76. The molecule has 0 aromatic carbocycles. The Bertz CT molecular complexity index is 1360. The Morgan fingerprint density at radius 2 is 2.25 bits per heavy atom. The minimum Gasteiger partial charge on any atom is -0.465 e. The summed E-state index contributed by atoms with van der Waals surface area (Å²) in [4.78, 5) is 49.5. The van der Waals surface area contributed by atoms with E-state index in [0.29, 0.717) is 30.0 Å². The molecule has 3 N–H and O–H groups in total. The molecule has 0 bridgehead atoms. The molecular formula is C22H22N6O4. The highest BCUT2D eigenvalue weighted by Gasteiger charge is 2.27. The number of furan rings is 1. The molecule has 0 unspecified atom stereocenters. The topological polar surface area (TPSA) is 129 Å². The summed E-state index contributed by atoms with van der Waals surface area (Å²) >= 11 is 0. The molecule has 1 aliphatic rings. The van der Waals surface area contributed by atoms with Crippen molar-refractivity contribution in [2.45, 2.75) is 18.9 Å². The van der Waals surface area contributed by atoms with Gasteiger partial charge in [-0.05, 0) is 37.1 Å². The van der Waals surface area contributed by atoms with Crippen molar-refractivity contribution in [1.29, 1.82) is 0 Å². The summed E-state index contributed by atoms with van der Waals surface area (Å²) in [6.45, 7) is 0.881. The Kier molecular flexibility index (Phi) is 5.10. The molecule has 0 aliphatic carbocycles. The lowest BCUT2D eigenvalue weighted by Gasteiger charge is -2.33. The number of hydrogen-bond donors (Lipinski definition) is 3. The summed E-state index contributed by atoms with van der Waals surface area (Å²) in [5.74, 6) is -0.00412. The van der Waals surface area contributed by atoms with Gasteiger partial charge in [0.25, 0.3) is 0 Å². The van der Waals surface area contributed by atoms with E-state index in [0.717, 1.165) is 23.7 Å². The summed E-state index contributed by atoms with van der Waals surface area (Å²) in [6, 6.07) is 5.19. The molecule has 4 aromatic heterocycles. The van der Waals surface area contributed by atoms with Crippen LogP contribution in [-0.4, -0.2) is 55.9 Å². The van der Waals surface area contributed by atoms with Crippen LogP contribution < -0.4 is 11.0 Å². The summed E-state index contributed by atoms with van der Waals surface area (Å²) < 4.78 is 6.87. The number of aromatic nitrogens is 4. The first-order valence-corrected chi connectivity index (χ1v) is 10.4. The lowest BCUT2D eigenvalue weighted by Crippen LogP contribution is -2.46. The number of piperidine rings is 1. The van der Waals surface area contributed by atoms with E-state index in [2.05, 4.69) is 20.3 Å². The number of carbonyl (C=O) groups excluding carboxylic acids is 2. The summed E-state index contributed by atoms with van der Waals surface area (Å²) in [5, 5.41) is 3.47. The fourth-order valence-corrected chi connectivity index (χ4v) is 4.24. The van der Waals surface area contributed by atoms with Crippen LogP contribution in [0.4, 0.5) is 0 Å². The van der Waals surface area contributed by atoms with Gasteiger partial charge in [-0.25, -0.2) is 9.78 Å². The number of nitrogens with zero attached hydrogens (tertiary/aromatic N) is 3. The van der Waals surface area contributed by atoms with Gasteiger partial charge >= 0.3 is 5.69 Å².